The van der Waals surface area contributed by atoms with Gasteiger partial charge in [0, 0.05) is 0 Å². The first-order chi connectivity index (χ1) is 5.20. The van der Waals surface area contributed by atoms with Gasteiger partial charge >= 0.3 is 6.16 Å². The summed E-state index contributed by atoms with van der Waals surface area (Å²) in [7, 11) is 0. The molecule has 0 aromatic heterocycles. The van der Waals surface area contributed by atoms with Crippen molar-refractivity contribution in [2.75, 3.05) is 13.2 Å². The van der Waals surface area contributed by atoms with Crippen LogP contribution in [0.4, 0.5) is 4.79 Å². The second kappa shape index (κ2) is 5.97. The number of hydrogen-bond acceptors (Lipinski definition) is 4. The third-order valence-electron chi connectivity index (χ3n) is 1.18. The molecule has 0 heterocycles. The van der Waals surface area contributed by atoms with Crippen molar-refractivity contribution < 1.29 is 19.4 Å². The fourth-order valence-corrected chi connectivity index (χ4v) is 0.411. The molecule has 0 saturated carbocycles. The van der Waals surface area contributed by atoms with Crippen molar-refractivity contribution in [1.82, 2.24) is 0 Å². The third kappa shape index (κ3) is 5.66. The number of aliphatic hydroxyl groups is 1. The maximum absolute atomic E-state index is 10.6. The fourth-order valence-electron chi connectivity index (χ4n) is 0.411. The molecule has 0 spiro atoms. The van der Waals surface area contributed by atoms with Crippen molar-refractivity contribution in [3.63, 3.8) is 0 Å². The highest BCUT2D eigenvalue weighted by molar-refractivity contribution is 5.59. The zero-order chi connectivity index (χ0) is 8.69. The molecule has 0 aliphatic rings. The summed E-state index contributed by atoms with van der Waals surface area (Å²) < 4.78 is 9.18. The first-order valence-electron chi connectivity index (χ1n) is 3.65. The Kier molecular flexibility index (Phi) is 5.56. The minimum absolute atomic E-state index is 0.00469. The van der Waals surface area contributed by atoms with Gasteiger partial charge in [0.1, 0.15) is 12.7 Å². The summed E-state index contributed by atoms with van der Waals surface area (Å²) >= 11 is 0. The zero-order valence-electron chi connectivity index (χ0n) is 6.87. The predicted octanol–water partition coefficient (Wildman–Crippen LogP) is 0.930. The normalized spacial score (nSPS) is 12.3. The first-order valence-corrected chi connectivity index (χ1v) is 3.65. The summed E-state index contributed by atoms with van der Waals surface area (Å²) in [5.74, 6) is 0. The van der Waals surface area contributed by atoms with Crippen molar-refractivity contribution in [2.45, 2.75) is 26.4 Å². The van der Waals surface area contributed by atoms with Crippen LogP contribution >= 0.6 is 0 Å². The minimum atomic E-state index is -0.714. The van der Waals surface area contributed by atoms with Crippen LogP contribution in [-0.2, 0) is 9.47 Å². The van der Waals surface area contributed by atoms with Gasteiger partial charge in [0.05, 0.1) is 6.61 Å². The molecular formula is C7H14O4. The largest absolute Gasteiger partial charge is 0.508 e. The van der Waals surface area contributed by atoms with Crippen molar-refractivity contribution in [2.24, 2.45) is 0 Å². The first kappa shape index (κ1) is 10.2. The van der Waals surface area contributed by atoms with Crippen LogP contribution in [0, 0.1) is 0 Å². The summed E-state index contributed by atoms with van der Waals surface area (Å²) in [4.78, 5) is 10.6. The van der Waals surface area contributed by atoms with Crippen LogP contribution in [0.3, 0.4) is 0 Å². The van der Waals surface area contributed by atoms with E-state index in [-0.39, 0.29) is 19.3 Å². The molecule has 1 N–H and O–H groups in total. The predicted molar refractivity (Wildman–Crippen MR) is 39.3 cm³/mol. The van der Waals surface area contributed by atoms with Gasteiger partial charge in [-0.05, 0) is 13.3 Å². The van der Waals surface area contributed by atoms with Gasteiger partial charge in [0.2, 0.25) is 0 Å². The highest BCUT2D eigenvalue weighted by Gasteiger charge is 2.07. The molecule has 0 aromatic carbocycles. The molecule has 0 radical (unpaired) electrons. The summed E-state index contributed by atoms with van der Waals surface area (Å²) in [5, 5.41) is 8.27. The minimum Gasteiger partial charge on any atom is -0.432 e. The molecule has 1 unspecified atom stereocenters. The van der Waals surface area contributed by atoms with Gasteiger partial charge in [0.25, 0.3) is 0 Å². The van der Waals surface area contributed by atoms with Crippen LogP contribution in [0.15, 0.2) is 0 Å². The lowest BCUT2D eigenvalue weighted by molar-refractivity contribution is 0.0196. The number of carbonyl (C=O) groups excluding carboxylic acids is 1. The van der Waals surface area contributed by atoms with Crippen LogP contribution in [0.5, 0.6) is 0 Å². The second-order valence-electron chi connectivity index (χ2n) is 2.16. The van der Waals surface area contributed by atoms with E-state index in [1.807, 2.05) is 6.92 Å². The van der Waals surface area contributed by atoms with E-state index in [2.05, 4.69) is 4.74 Å². The van der Waals surface area contributed by atoms with E-state index in [1.165, 1.54) is 0 Å². The van der Waals surface area contributed by atoms with E-state index in [9.17, 15) is 4.79 Å². The molecule has 0 aromatic rings. The van der Waals surface area contributed by atoms with Crippen molar-refractivity contribution in [3.8, 4) is 0 Å². The smallest absolute Gasteiger partial charge is 0.432 e. The monoisotopic (exact) mass is 162 g/mol. The molecule has 1 atom stereocenters. The van der Waals surface area contributed by atoms with Gasteiger partial charge in [0.15, 0.2) is 0 Å². The molecule has 4 nitrogen and oxygen atoms in total. The molecule has 66 valence electrons. The quantitative estimate of drug-likeness (QED) is 0.625. The average Bonchev–Trinajstić information content (AvgIpc) is 2.00. The number of hydrogen-bond donors (Lipinski definition) is 1. The Labute approximate surface area is 66.1 Å². The lowest BCUT2D eigenvalue weighted by Crippen LogP contribution is -2.16. The van der Waals surface area contributed by atoms with E-state index in [4.69, 9.17) is 9.84 Å². The molecular weight excluding hydrogens is 148 g/mol. The Bertz CT molecular complexity index is 113. The Balaban J connectivity index is 3.36. The zero-order valence-corrected chi connectivity index (χ0v) is 6.87. The van der Waals surface area contributed by atoms with Crippen molar-refractivity contribution in [1.29, 1.82) is 0 Å². The molecule has 11 heavy (non-hydrogen) atoms. The maximum atomic E-state index is 10.6. The van der Waals surface area contributed by atoms with E-state index in [0.717, 1.165) is 6.42 Å². The Morgan fingerprint density at radius 1 is 1.64 bits per heavy atom. The summed E-state index contributed by atoms with van der Waals surface area (Å²) in [5.41, 5.74) is 0. The van der Waals surface area contributed by atoms with Crippen molar-refractivity contribution >= 4 is 6.16 Å². The Morgan fingerprint density at radius 2 is 2.27 bits per heavy atom. The lowest BCUT2D eigenvalue weighted by Gasteiger charge is -2.09. The molecule has 4 heteroatoms. The lowest BCUT2D eigenvalue weighted by atomic mass is 10.3. The summed E-state index contributed by atoms with van der Waals surface area (Å²) in [6.45, 7) is 3.51. The molecule has 0 fully saturated rings. The second-order valence-corrected chi connectivity index (χ2v) is 2.16. The van der Waals surface area contributed by atoms with Crippen LogP contribution < -0.4 is 0 Å². The van der Waals surface area contributed by atoms with Gasteiger partial charge in [-0.2, -0.15) is 0 Å². The van der Waals surface area contributed by atoms with E-state index < -0.39 is 6.16 Å². The summed E-state index contributed by atoms with van der Waals surface area (Å²) in [6.07, 6.45) is -0.0802. The SMILES string of the molecule is CCC(C)OC(=O)OCCO. The van der Waals surface area contributed by atoms with Crippen molar-refractivity contribution in [3.05, 3.63) is 0 Å². The van der Waals surface area contributed by atoms with Crippen LogP contribution in [-0.4, -0.2) is 30.6 Å². The molecule has 0 aliphatic heterocycles. The molecule has 0 saturated heterocycles. The molecule has 0 amide bonds. The molecule has 0 bridgehead atoms. The Morgan fingerprint density at radius 3 is 2.73 bits per heavy atom. The number of rotatable bonds is 4. The standard InChI is InChI=1S/C7H14O4/c1-3-6(2)11-7(9)10-5-4-8/h6,8H,3-5H2,1-2H3. The highest BCUT2D eigenvalue weighted by atomic mass is 16.7. The molecule has 0 rings (SSSR count). The van der Waals surface area contributed by atoms with Gasteiger partial charge in [-0.3, -0.25) is 0 Å². The highest BCUT2D eigenvalue weighted by Crippen LogP contribution is 1.97. The number of carbonyl (C=O) groups is 1. The van der Waals surface area contributed by atoms with E-state index in [1.54, 1.807) is 6.92 Å². The average molecular weight is 162 g/mol. The number of aliphatic hydroxyl groups excluding tert-OH is 1. The fraction of sp³-hybridized carbons (Fsp3) is 0.857. The van der Waals surface area contributed by atoms with Crippen LogP contribution in [0.1, 0.15) is 20.3 Å². The maximum Gasteiger partial charge on any atom is 0.508 e. The number of ether oxygens (including phenoxy) is 2. The van der Waals surface area contributed by atoms with Crippen LogP contribution in [0.25, 0.3) is 0 Å². The van der Waals surface area contributed by atoms with Crippen LogP contribution in [0.2, 0.25) is 0 Å². The van der Waals surface area contributed by atoms with Gasteiger partial charge in [-0.1, -0.05) is 6.92 Å². The third-order valence-corrected chi connectivity index (χ3v) is 1.18. The van der Waals surface area contributed by atoms with E-state index >= 15 is 0 Å². The Hall–Kier alpha value is -0.770. The molecule has 0 aliphatic carbocycles. The topological polar surface area (TPSA) is 55.8 Å². The van der Waals surface area contributed by atoms with E-state index in [0.29, 0.717) is 0 Å². The van der Waals surface area contributed by atoms with Gasteiger partial charge in [-0.25, -0.2) is 4.79 Å². The van der Waals surface area contributed by atoms with Gasteiger partial charge < -0.3 is 14.6 Å². The summed E-state index contributed by atoms with van der Waals surface area (Å²) in [6, 6.07) is 0. The van der Waals surface area contributed by atoms with Gasteiger partial charge in [-0.15, -0.1) is 0 Å².